The highest BCUT2D eigenvalue weighted by Gasteiger charge is 2.16. The molecular formula is C13H17N3O. The van der Waals surface area contributed by atoms with Crippen LogP contribution in [0.3, 0.4) is 0 Å². The Balaban J connectivity index is 2.96. The van der Waals surface area contributed by atoms with E-state index < -0.39 is 0 Å². The molecule has 1 amide bonds. The maximum Gasteiger partial charge on any atom is 0.244 e. The van der Waals surface area contributed by atoms with Crippen LogP contribution in [0.5, 0.6) is 0 Å². The van der Waals surface area contributed by atoms with Crippen molar-refractivity contribution in [2.75, 3.05) is 19.4 Å². The Morgan fingerprint density at radius 1 is 1.47 bits per heavy atom. The van der Waals surface area contributed by atoms with Crippen LogP contribution in [0.2, 0.25) is 0 Å². The van der Waals surface area contributed by atoms with E-state index in [2.05, 4.69) is 11.4 Å². The molecule has 0 spiro atoms. The topological polar surface area (TPSA) is 56.1 Å². The third-order valence-electron chi connectivity index (χ3n) is 2.57. The van der Waals surface area contributed by atoms with Gasteiger partial charge in [-0.2, -0.15) is 5.26 Å². The zero-order valence-corrected chi connectivity index (χ0v) is 10.6. The van der Waals surface area contributed by atoms with Crippen LogP contribution in [0, 0.1) is 18.3 Å². The van der Waals surface area contributed by atoms with Crippen molar-refractivity contribution in [3.05, 3.63) is 29.3 Å². The Kier molecular flexibility index (Phi) is 4.11. The summed E-state index contributed by atoms with van der Waals surface area (Å²) < 4.78 is 0. The maximum absolute atomic E-state index is 11.7. The predicted octanol–water partition coefficient (Wildman–Crippen LogP) is 1.76. The highest BCUT2D eigenvalue weighted by atomic mass is 16.2. The van der Waals surface area contributed by atoms with Gasteiger partial charge in [0.05, 0.1) is 11.3 Å². The minimum atomic E-state index is -0.349. The zero-order chi connectivity index (χ0) is 13.0. The quantitative estimate of drug-likeness (QED) is 0.862. The first-order valence-corrected chi connectivity index (χ1v) is 5.44. The first-order chi connectivity index (χ1) is 7.97. The fourth-order valence-corrected chi connectivity index (χ4v) is 1.62. The van der Waals surface area contributed by atoms with Crippen molar-refractivity contribution < 1.29 is 4.79 Å². The minimum absolute atomic E-state index is 0.0165. The number of aryl methyl sites for hydroxylation is 1. The van der Waals surface area contributed by atoms with Crippen molar-refractivity contribution in [2.24, 2.45) is 0 Å². The van der Waals surface area contributed by atoms with E-state index in [9.17, 15) is 4.79 Å². The molecule has 0 radical (unpaired) electrons. The monoisotopic (exact) mass is 231 g/mol. The Bertz CT molecular complexity index is 460. The molecule has 17 heavy (non-hydrogen) atoms. The number of hydrogen-bond donors (Lipinski definition) is 1. The number of benzene rings is 1. The molecule has 1 rings (SSSR count). The first-order valence-electron chi connectivity index (χ1n) is 5.44. The molecule has 1 atom stereocenters. The molecule has 0 aromatic heterocycles. The van der Waals surface area contributed by atoms with Gasteiger partial charge >= 0.3 is 0 Å². The predicted molar refractivity (Wildman–Crippen MR) is 67.7 cm³/mol. The molecule has 0 aliphatic carbocycles. The van der Waals surface area contributed by atoms with Crippen LogP contribution >= 0.6 is 0 Å². The van der Waals surface area contributed by atoms with Gasteiger partial charge in [-0.1, -0.05) is 12.1 Å². The number of para-hydroxylation sites is 1. The lowest BCUT2D eigenvalue weighted by Gasteiger charge is -2.20. The number of hydrogen-bond acceptors (Lipinski definition) is 3. The molecule has 0 saturated carbocycles. The van der Waals surface area contributed by atoms with Gasteiger partial charge in [-0.15, -0.1) is 0 Å². The molecule has 0 saturated heterocycles. The number of rotatable bonds is 3. The average Bonchev–Trinajstić information content (AvgIpc) is 2.30. The van der Waals surface area contributed by atoms with E-state index in [-0.39, 0.29) is 11.9 Å². The number of nitrogens with zero attached hydrogens (tertiary/aromatic N) is 2. The Hall–Kier alpha value is -2.02. The van der Waals surface area contributed by atoms with Crippen molar-refractivity contribution in [3.63, 3.8) is 0 Å². The summed E-state index contributed by atoms with van der Waals surface area (Å²) in [6, 6.07) is 7.26. The lowest BCUT2D eigenvalue weighted by Crippen LogP contribution is -2.37. The number of carbonyl (C=O) groups excluding carboxylic acids is 1. The van der Waals surface area contributed by atoms with Crippen LogP contribution in [0.1, 0.15) is 18.1 Å². The second-order valence-corrected chi connectivity index (χ2v) is 4.21. The number of anilines is 1. The van der Waals surface area contributed by atoms with E-state index in [4.69, 9.17) is 5.26 Å². The third kappa shape index (κ3) is 2.97. The Labute approximate surface area is 102 Å². The summed E-state index contributed by atoms with van der Waals surface area (Å²) in [5.41, 5.74) is 2.25. The van der Waals surface area contributed by atoms with Gasteiger partial charge < -0.3 is 10.2 Å². The van der Waals surface area contributed by atoms with Crippen molar-refractivity contribution in [3.8, 4) is 6.07 Å². The number of nitrogens with one attached hydrogen (secondary N) is 1. The molecule has 4 nitrogen and oxygen atoms in total. The van der Waals surface area contributed by atoms with E-state index in [1.165, 1.54) is 4.90 Å². The summed E-state index contributed by atoms with van der Waals surface area (Å²) in [6.07, 6.45) is 0. The minimum Gasteiger partial charge on any atom is -0.373 e. The van der Waals surface area contributed by atoms with Crippen LogP contribution in [0.25, 0.3) is 0 Å². The van der Waals surface area contributed by atoms with Crippen molar-refractivity contribution in [1.29, 1.82) is 5.26 Å². The highest BCUT2D eigenvalue weighted by molar-refractivity contribution is 5.84. The third-order valence-corrected chi connectivity index (χ3v) is 2.57. The van der Waals surface area contributed by atoms with Gasteiger partial charge in [0.25, 0.3) is 0 Å². The number of likely N-dealkylation sites (N-methyl/N-ethyl adjacent to an activating group) is 1. The lowest BCUT2D eigenvalue weighted by molar-refractivity contribution is -0.129. The second kappa shape index (κ2) is 5.35. The molecule has 1 N–H and O–H groups in total. The zero-order valence-electron chi connectivity index (χ0n) is 10.6. The van der Waals surface area contributed by atoms with E-state index in [1.807, 2.05) is 19.1 Å². The molecular weight excluding hydrogens is 214 g/mol. The molecule has 0 aliphatic heterocycles. The molecule has 1 aromatic carbocycles. The highest BCUT2D eigenvalue weighted by Crippen LogP contribution is 2.20. The van der Waals surface area contributed by atoms with E-state index in [0.29, 0.717) is 5.56 Å². The van der Waals surface area contributed by atoms with Crippen molar-refractivity contribution in [2.45, 2.75) is 19.9 Å². The summed E-state index contributed by atoms with van der Waals surface area (Å²) in [6.45, 7) is 3.70. The van der Waals surface area contributed by atoms with Crippen molar-refractivity contribution in [1.82, 2.24) is 4.90 Å². The van der Waals surface area contributed by atoms with Gasteiger partial charge in [-0.05, 0) is 25.5 Å². The van der Waals surface area contributed by atoms with E-state index in [1.54, 1.807) is 27.1 Å². The normalized spacial score (nSPS) is 11.5. The molecule has 4 heteroatoms. The number of nitriles is 1. The molecule has 0 heterocycles. The second-order valence-electron chi connectivity index (χ2n) is 4.21. The standard InChI is InChI=1S/C13H17N3O/c1-9-6-5-7-11(8-14)12(9)15-10(2)13(17)16(3)4/h5-7,10,15H,1-4H3. The number of amides is 1. The summed E-state index contributed by atoms with van der Waals surface area (Å²) >= 11 is 0. The summed E-state index contributed by atoms with van der Waals surface area (Å²) in [4.78, 5) is 13.3. The van der Waals surface area contributed by atoms with Crippen molar-refractivity contribution >= 4 is 11.6 Å². The maximum atomic E-state index is 11.7. The van der Waals surface area contributed by atoms with Gasteiger partial charge in [-0.3, -0.25) is 4.79 Å². The molecule has 1 unspecified atom stereocenters. The molecule has 0 fully saturated rings. The largest absolute Gasteiger partial charge is 0.373 e. The first kappa shape index (κ1) is 13.0. The van der Waals surface area contributed by atoms with Gasteiger partial charge in [0, 0.05) is 14.1 Å². The lowest BCUT2D eigenvalue weighted by atomic mass is 10.1. The smallest absolute Gasteiger partial charge is 0.244 e. The van der Waals surface area contributed by atoms with Crippen LogP contribution < -0.4 is 5.32 Å². The summed E-state index contributed by atoms with van der Waals surface area (Å²) in [5.74, 6) is -0.0165. The average molecular weight is 231 g/mol. The molecule has 1 aromatic rings. The Morgan fingerprint density at radius 3 is 2.65 bits per heavy atom. The molecule has 90 valence electrons. The van der Waals surface area contributed by atoms with Crippen LogP contribution in [-0.2, 0) is 4.79 Å². The molecule has 0 aliphatic rings. The van der Waals surface area contributed by atoms with E-state index in [0.717, 1.165) is 11.3 Å². The summed E-state index contributed by atoms with van der Waals surface area (Å²) in [7, 11) is 3.42. The van der Waals surface area contributed by atoms with Gasteiger partial charge in [0.15, 0.2) is 0 Å². The van der Waals surface area contributed by atoms with Gasteiger partial charge in [-0.25, -0.2) is 0 Å². The van der Waals surface area contributed by atoms with Crippen LogP contribution in [0.4, 0.5) is 5.69 Å². The fourth-order valence-electron chi connectivity index (χ4n) is 1.62. The van der Waals surface area contributed by atoms with Gasteiger partial charge in [0.2, 0.25) is 5.91 Å². The molecule has 0 bridgehead atoms. The van der Waals surface area contributed by atoms with Crippen LogP contribution in [-0.4, -0.2) is 30.9 Å². The van der Waals surface area contributed by atoms with Gasteiger partial charge in [0.1, 0.15) is 12.1 Å². The van der Waals surface area contributed by atoms with Crippen LogP contribution in [0.15, 0.2) is 18.2 Å². The Morgan fingerprint density at radius 2 is 2.12 bits per heavy atom. The number of carbonyl (C=O) groups is 1. The summed E-state index contributed by atoms with van der Waals surface area (Å²) in [5, 5.41) is 12.1. The van der Waals surface area contributed by atoms with E-state index >= 15 is 0 Å². The SMILES string of the molecule is Cc1cccc(C#N)c1NC(C)C(=O)N(C)C. The fraction of sp³-hybridized carbons (Fsp3) is 0.385.